The molecule has 0 bridgehead atoms. The van der Waals surface area contributed by atoms with E-state index in [1.165, 1.54) is 19.3 Å². The number of piperazine rings is 1. The zero-order chi connectivity index (χ0) is 24.3. The van der Waals surface area contributed by atoms with Gasteiger partial charge < -0.3 is 19.0 Å². The third-order valence-electron chi connectivity index (χ3n) is 7.82. The van der Waals surface area contributed by atoms with Crippen LogP contribution in [-0.2, 0) is 11.3 Å². The molecule has 0 spiro atoms. The van der Waals surface area contributed by atoms with Crippen LogP contribution >= 0.6 is 0 Å². The first-order valence-corrected chi connectivity index (χ1v) is 13.4. The quantitative estimate of drug-likeness (QED) is 0.474. The van der Waals surface area contributed by atoms with Gasteiger partial charge in [0, 0.05) is 51.3 Å². The number of amides is 1. The van der Waals surface area contributed by atoms with Gasteiger partial charge in [0.15, 0.2) is 5.76 Å². The van der Waals surface area contributed by atoms with Crippen LogP contribution in [0.3, 0.4) is 0 Å². The van der Waals surface area contributed by atoms with E-state index in [1.807, 2.05) is 17.0 Å². The summed E-state index contributed by atoms with van der Waals surface area (Å²) in [6.45, 7) is 6.41. The lowest BCUT2D eigenvalue weighted by Crippen LogP contribution is -2.49. The Labute approximate surface area is 212 Å². The van der Waals surface area contributed by atoms with Crippen molar-refractivity contribution in [3.8, 4) is 0 Å². The number of hydrogen-bond donors (Lipinski definition) is 0. The first-order valence-electron chi connectivity index (χ1n) is 13.4. The van der Waals surface area contributed by atoms with Crippen LogP contribution < -0.4 is 4.90 Å². The summed E-state index contributed by atoms with van der Waals surface area (Å²) in [5, 5.41) is 1.07. The SMILES string of the molecule is O=C(c1ccco1)N1CCN(c2nc(CN(CC3CCC3)CC3CCCO3)nc3ccccc23)CC1. The van der Waals surface area contributed by atoms with Crippen molar-refractivity contribution in [1.82, 2.24) is 19.8 Å². The van der Waals surface area contributed by atoms with Gasteiger partial charge in [-0.3, -0.25) is 9.69 Å². The molecular formula is C28H35N5O3. The lowest BCUT2D eigenvalue weighted by molar-refractivity contribution is 0.0570. The van der Waals surface area contributed by atoms with Crippen LogP contribution in [-0.4, -0.2) is 77.7 Å². The van der Waals surface area contributed by atoms with Crippen molar-refractivity contribution < 1.29 is 13.9 Å². The van der Waals surface area contributed by atoms with Gasteiger partial charge in [-0.25, -0.2) is 9.97 Å². The van der Waals surface area contributed by atoms with Crippen LogP contribution in [0.15, 0.2) is 47.1 Å². The number of aromatic nitrogens is 2. The van der Waals surface area contributed by atoms with Crippen LogP contribution in [0.2, 0.25) is 0 Å². The Morgan fingerprint density at radius 1 is 0.972 bits per heavy atom. The highest BCUT2D eigenvalue weighted by Crippen LogP contribution is 2.29. The Morgan fingerprint density at radius 2 is 1.83 bits per heavy atom. The molecule has 2 aromatic heterocycles. The predicted molar refractivity (Wildman–Crippen MR) is 138 cm³/mol. The molecule has 1 atom stereocenters. The van der Waals surface area contributed by atoms with Crippen molar-refractivity contribution in [3.63, 3.8) is 0 Å². The standard InChI is InChI=1S/C28H35N5O3/c34-28(25-11-5-17-36-25)33-14-12-32(13-15-33)27-23-9-1-2-10-24(23)29-26(30-27)20-31(18-21-6-3-7-21)19-22-8-4-16-35-22/h1-2,5,9-11,17,21-22H,3-4,6-8,12-16,18-20H2. The van der Waals surface area contributed by atoms with Gasteiger partial charge >= 0.3 is 0 Å². The fraction of sp³-hybridized carbons (Fsp3) is 0.536. The lowest BCUT2D eigenvalue weighted by atomic mass is 9.85. The molecular weight excluding hydrogens is 454 g/mol. The number of carbonyl (C=O) groups is 1. The number of hydrogen-bond acceptors (Lipinski definition) is 7. The maximum absolute atomic E-state index is 12.7. The van der Waals surface area contributed by atoms with Gasteiger partial charge in [-0.1, -0.05) is 18.6 Å². The van der Waals surface area contributed by atoms with Gasteiger partial charge in [0.1, 0.15) is 11.6 Å². The van der Waals surface area contributed by atoms with Gasteiger partial charge in [0.25, 0.3) is 5.91 Å². The first-order chi connectivity index (χ1) is 17.7. The molecule has 2 saturated heterocycles. The second-order valence-corrected chi connectivity index (χ2v) is 10.4. The molecule has 2 aliphatic heterocycles. The summed E-state index contributed by atoms with van der Waals surface area (Å²) >= 11 is 0. The van der Waals surface area contributed by atoms with Crippen molar-refractivity contribution in [2.45, 2.75) is 44.8 Å². The molecule has 36 heavy (non-hydrogen) atoms. The monoisotopic (exact) mass is 489 g/mol. The van der Waals surface area contributed by atoms with Gasteiger partial charge in [0.05, 0.1) is 24.4 Å². The third kappa shape index (κ3) is 5.11. The average molecular weight is 490 g/mol. The Bertz CT molecular complexity index is 1170. The zero-order valence-electron chi connectivity index (χ0n) is 20.8. The molecule has 8 nitrogen and oxygen atoms in total. The van der Waals surface area contributed by atoms with E-state index in [1.54, 1.807) is 18.4 Å². The van der Waals surface area contributed by atoms with Crippen molar-refractivity contribution >= 4 is 22.6 Å². The molecule has 1 unspecified atom stereocenters. The number of fused-ring (bicyclic) bond motifs is 1. The van der Waals surface area contributed by atoms with E-state index in [2.05, 4.69) is 21.9 Å². The van der Waals surface area contributed by atoms with Crippen LogP contribution in [0.25, 0.3) is 10.9 Å². The van der Waals surface area contributed by atoms with E-state index < -0.39 is 0 Å². The second kappa shape index (κ2) is 10.6. The number of benzene rings is 1. The van der Waals surface area contributed by atoms with E-state index in [4.69, 9.17) is 19.1 Å². The number of ether oxygens (including phenoxy) is 1. The Morgan fingerprint density at radius 3 is 2.56 bits per heavy atom. The molecule has 0 radical (unpaired) electrons. The van der Waals surface area contributed by atoms with Crippen molar-refractivity contribution in [1.29, 1.82) is 0 Å². The molecule has 1 saturated carbocycles. The fourth-order valence-corrected chi connectivity index (χ4v) is 5.62. The molecule has 1 aliphatic carbocycles. The van der Waals surface area contributed by atoms with Crippen molar-refractivity contribution in [2.24, 2.45) is 5.92 Å². The van der Waals surface area contributed by atoms with E-state index in [9.17, 15) is 4.79 Å². The predicted octanol–water partition coefficient (Wildman–Crippen LogP) is 3.97. The maximum atomic E-state index is 12.7. The summed E-state index contributed by atoms with van der Waals surface area (Å²) in [5.74, 6) is 2.98. The topological polar surface area (TPSA) is 74.9 Å². The van der Waals surface area contributed by atoms with Gasteiger partial charge in [-0.05, 0) is 55.9 Å². The van der Waals surface area contributed by atoms with Crippen LogP contribution in [0.1, 0.15) is 48.5 Å². The summed E-state index contributed by atoms with van der Waals surface area (Å²) in [7, 11) is 0. The highest BCUT2D eigenvalue weighted by atomic mass is 16.5. The van der Waals surface area contributed by atoms with E-state index in [-0.39, 0.29) is 5.91 Å². The molecule has 6 rings (SSSR count). The molecule has 0 N–H and O–H groups in total. The van der Waals surface area contributed by atoms with Crippen molar-refractivity contribution in [3.05, 3.63) is 54.2 Å². The van der Waals surface area contributed by atoms with Gasteiger partial charge in [0.2, 0.25) is 0 Å². The second-order valence-electron chi connectivity index (χ2n) is 10.4. The Hall–Kier alpha value is -2.97. The Balaban J connectivity index is 1.21. The third-order valence-corrected chi connectivity index (χ3v) is 7.82. The minimum Gasteiger partial charge on any atom is -0.459 e. The van der Waals surface area contributed by atoms with Crippen LogP contribution in [0, 0.1) is 5.92 Å². The average Bonchev–Trinajstić information content (AvgIpc) is 3.60. The maximum Gasteiger partial charge on any atom is 0.289 e. The molecule has 1 aromatic carbocycles. The lowest BCUT2D eigenvalue weighted by Gasteiger charge is -2.36. The molecule has 3 fully saturated rings. The van der Waals surface area contributed by atoms with E-state index >= 15 is 0 Å². The summed E-state index contributed by atoms with van der Waals surface area (Å²) in [6.07, 6.45) is 8.18. The fourth-order valence-electron chi connectivity index (χ4n) is 5.62. The Kier molecular flexibility index (Phi) is 6.88. The molecule has 8 heteroatoms. The van der Waals surface area contributed by atoms with E-state index in [0.717, 1.165) is 80.6 Å². The number of carbonyl (C=O) groups excluding carboxylic acids is 1. The highest BCUT2D eigenvalue weighted by molar-refractivity contribution is 5.92. The van der Waals surface area contributed by atoms with Gasteiger partial charge in [-0.2, -0.15) is 0 Å². The number of nitrogens with zero attached hydrogens (tertiary/aromatic N) is 5. The first kappa shape index (κ1) is 23.4. The minimum atomic E-state index is -0.0475. The normalized spacial score (nSPS) is 20.9. The van der Waals surface area contributed by atoms with E-state index in [0.29, 0.717) is 25.0 Å². The van der Waals surface area contributed by atoms with Crippen LogP contribution in [0.5, 0.6) is 0 Å². The largest absolute Gasteiger partial charge is 0.459 e. The molecule has 3 aliphatic rings. The summed E-state index contributed by atoms with van der Waals surface area (Å²) in [6, 6.07) is 11.8. The van der Waals surface area contributed by atoms with Gasteiger partial charge in [-0.15, -0.1) is 0 Å². The molecule has 1 amide bonds. The van der Waals surface area contributed by atoms with Crippen molar-refractivity contribution in [2.75, 3.05) is 50.8 Å². The summed E-state index contributed by atoms with van der Waals surface area (Å²) in [4.78, 5) is 29.5. The molecule has 4 heterocycles. The summed E-state index contributed by atoms with van der Waals surface area (Å²) < 4.78 is 11.3. The number of anilines is 1. The molecule has 3 aromatic rings. The zero-order valence-corrected chi connectivity index (χ0v) is 20.8. The number of rotatable bonds is 8. The summed E-state index contributed by atoms with van der Waals surface area (Å²) in [5.41, 5.74) is 0.979. The minimum absolute atomic E-state index is 0.0475. The molecule has 190 valence electrons. The number of para-hydroxylation sites is 1. The smallest absolute Gasteiger partial charge is 0.289 e. The highest BCUT2D eigenvalue weighted by Gasteiger charge is 2.28. The van der Waals surface area contributed by atoms with Crippen LogP contribution in [0.4, 0.5) is 5.82 Å². The number of furan rings is 1.